The molecular formula is C10H15NO5S2. The predicted octanol–water partition coefficient (Wildman–Crippen LogP) is -0.0659. The normalized spacial score (nSPS) is 21.1. The van der Waals surface area contributed by atoms with E-state index in [1.54, 1.807) is 5.38 Å². The lowest BCUT2D eigenvalue weighted by Crippen LogP contribution is -2.39. The summed E-state index contributed by atoms with van der Waals surface area (Å²) in [5.41, 5.74) is 0.595. The standard InChI is InChI=1S/C10H15NO5S2/c12-5-8-3-10(17-7-8)18(13,14)11-4-9-6-15-1-2-16-9/h3,7,9,11-12H,1-2,4-6H2. The van der Waals surface area contributed by atoms with Gasteiger partial charge in [-0.15, -0.1) is 11.3 Å². The van der Waals surface area contributed by atoms with Crippen LogP contribution in [-0.4, -0.2) is 46.0 Å². The Labute approximate surface area is 110 Å². The molecule has 0 spiro atoms. The second-order valence-electron chi connectivity index (χ2n) is 3.85. The molecular weight excluding hydrogens is 278 g/mol. The summed E-state index contributed by atoms with van der Waals surface area (Å²) in [6, 6.07) is 1.46. The Morgan fingerprint density at radius 2 is 2.33 bits per heavy atom. The number of rotatable bonds is 5. The molecule has 1 unspecified atom stereocenters. The van der Waals surface area contributed by atoms with Crippen molar-refractivity contribution in [2.24, 2.45) is 0 Å². The first-order valence-electron chi connectivity index (χ1n) is 5.49. The fraction of sp³-hybridized carbons (Fsp3) is 0.600. The number of aliphatic hydroxyl groups excluding tert-OH is 1. The Hall–Kier alpha value is -0.510. The highest BCUT2D eigenvalue weighted by Crippen LogP contribution is 2.20. The average molecular weight is 293 g/mol. The Kier molecular flexibility index (Phi) is 4.71. The molecule has 18 heavy (non-hydrogen) atoms. The van der Waals surface area contributed by atoms with Crippen LogP contribution in [0.5, 0.6) is 0 Å². The van der Waals surface area contributed by atoms with Crippen molar-refractivity contribution in [1.82, 2.24) is 4.72 Å². The third-order valence-electron chi connectivity index (χ3n) is 2.46. The van der Waals surface area contributed by atoms with E-state index in [9.17, 15) is 8.42 Å². The maximum absolute atomic E-state index is 11.9. The molecule has 1 aliphatic heterocycles. The van der Waals surface area contributed by atoms with Gasteiger partial charge in [-0.1, -0.05) is 0 Å². The smallest absolute Gasteiger partial charge is 0.250 e. The molecule has 102 valence electrons. The maximum atomic E-state index is 11.9. The van der Waals surface area contributed by atoms with Crippen molar-refractivity contribution in [1.29, 1.82) is 0 Å². The second kappa shape index (κ2) is 6.09. The van der Waals surface area contributed by atoms with Crippen LogP contribution in [0.1, 0.15) is 5.56 Å². The third-order valence-corrected chi connectivity index (χ3v) is 5.38. The van der Waals surface area contributed by atoms with Crippen LogP contribution in [0.4, 0.5) is 0 Å². The molecule has 0 amide bonds. The lowest BCUT2D eigenvalue weighted by molar-refractivity contribution is -0.0846. The summed E-state index contributed by atoms with van der Waals surface area (Å²) in [5.74, 6) is 0. The molecule has 1 fully saturated rings. The van der Waals surface area contributed by atoms with E-state index in [1.165, 1.54) is 6.07 Å². The largest absolute Gasteiger partial charge is 0.392 e. The molecule has 1 aliphatic rings. The van der Waals surface area contributed by atoms with E-state index in [4.69, 9.17) is 14.6 Å². The van der Waals surface area contributed by atoms with Gasteiger partial charge in [0.05, 0.1) is 32.5 Å². The minimum atomic E-state index is -3.53. The molecule has 8 heteroatoms. The van der Waals surface area contributed by atoms with Crippen molar-refractivity contribution >= 4 is 21.4 Å². The molecule has 0 bridgehead atoms. The van der Waals surface area contributed by atoms with E-state index in [1.807, 2.05) is 0 Å². The van der Waals surface area contributed by atoms with Crippen molar-refractivity contribution in [3.05, 3.63) is 17.0 Å². The zero-order valence-electron chi connectivity index (χ0n) is 9.66. The van der Waals surface area contributed by atoms with Crippen molar-refractivity contribution in [2.75, 3.05) is 26.4 Å². The van der Waals surface area contributed by atoms with Crippen molar-refractivity contribution in [3.63, 3.8) is 0 Å². The molecule has 0 aliphatic carbocycles. The van der Waals surface area contributed by atoms with Crippen LogP contribution in [0.15, 0.2) is 15.7 Å². The summed E-state index contributed by atoms with van der Waals surface area (Å²) in [6.07, 6.45) is -0.245. The van der Waals surface area contributed by atoms with Crippen LogP contribution in [-0.2, 0) is 26.1 Å². The number of hydrogen-bond donors (Lipinski definition) is 2. The fourth-order valence-corrected chi connectivity index (χ4v) is 3.82. The summed E-state index contributed by atoms with van der Waals surface area (Å²) in [5, 5.41) is 10.5. The van der Waals surface area contributed by atoms with Crippen LogP contribution in [0.25, 0.3) is 0 Å². The topological polar surface area (TPSA) is 84.9 Å². The monoisotopic (exact) mass is 293 g/mol. The molecule has 0 radical (unpaired) electrons. The van der Waals surface area contributed by atoms with Crippen molar-refractivity contribution in [3.8, 4) is 0 Å². The van der Waals surface area contributed by atoms with Crippen molar-refractivity contribution < 1.29 is 23.0 Å². The lowest BCUT2D eigenvalue weighted by Gasteiger charge is -2.22. The van der Waals surface area contributed by atoms with Gasteiger partial charge in [-0.25, -0.2) is 13.1 Å². The van der Waals surface area contributed by atoms with E-state index < -0.39 is 10.0 Å². The quantitative estimate of drug-likeness (QED) is 0.794. The summed E-state index contributed by atoms with van der Waals surface area (Å²) in [4.78, 5) is 0. The number of nitrogens with one attached hydrogen (secondary N) is 1. The van der Waals surface area contributed by atoms with E-state index >= 15 is 0 Å². The molecule has 2 N–H and O–H groups in total. The number of sulfonamides is 1. The van der Waals surface area contributed by atoms with Crippen LogP contribution in [0, 0.1) is 0 Å². The summed E-state index contributed by atoms with van der Waals surface area (Å²) < 4.78 is 37.1. The van der Waals surface area contributed by atoms with Gasteiger partial charge in [-0.05, 0) is 17.0 Å². The first-order valence-corrected chi connectivity index (χ1v) is 7.85. The minimum absolute atomic E-state index is 0.161. The van der Waals surface area contributed by atoms with E-state index in [0.29, 0.717) is 25.4 Å². The second-order valence-corrected chi connectivity index (χ2v) is 6.76. The van der Waals surface area contributed by atoms with Gasteiger partial charge < -0.3 is 14.6 Å². The zero-order valence-corrected chi connectivity index (χ0v) is 11.3. The molecule has 1 aromatic heterocycles. The van der Waals surface area contributed by atoms with Crippen LogP contribution >= 0.6 is 11.3 Å². The SMILES string of the molecule is O=S(=O)(NCC1COCCO1)c1cc(CO)cs1. The van der Waals surface area contributed by atoms with Gasteiger partial charge in [0.1, 0.15) is 4.21 Å². The van der Waals surface area contributed by atoms with E-state index in [-0.39, 0.29) is 23.5 Å². The summed E-state index contributed by atoms with van der Waals surface area (Å²) in [7, 11) is -3.53. The number of hydrogen-bond acceptors (Lipinski definition) is 6. The third kappa shape index (κ3) is 3.50. The van der Waals surface area contributed by atoms with Gasteiger partial charge in [0.25, 0.3) is 0 Å². The first-order chi connectivity index (χ1) is 8.62. The fourth-order valence-electron chi connectivity index (χ4n) is 1.51. The minimum Gasteiger partial charge on any atom is -0.392 e. The molecule has 2 rings (SSSR count). The van der Waals surface area contributed by atoms with Gasteiger partial charge in [0.15, 0.2) is 0 Å². The van der Waals surface area contributed by atoms with Gasteiger partial charge in [0, 0.05) is 6.54 Å². The number of ether oxygens (including phenoxy) is 2. The molecule has 1 atom stereocenters. The van der Waals surface area contributed by atoms with E-state index in [0.717, 1.165) is 11.3 Å². The molecule has 0 saturated carbocycles. The molecule has 6 nitrogen and oxygen atoms in total. The summed E-state index contributed by atoms with van der Waals surface area (Å²) >= 11 is 1.09. The zero-order chi connectivity index (χ0) is 13.0. The Balaban J connectivity index is 1.94. The highest BCUT2D eigenvalue weighted by atomic mass is 32.2. The highest BCUT2D eigenvalue weighted by Gasteiger charge is 2.20. The summed E-state index contributed by atoms with van der Waals surface area (Å²) in [6.45, 7) is 1.46. The van der Waals surface area contributed by atoms with Crippen LogP contribution in [0.2, 0.25) is 0 Å². The van der Waals surface area contributed by atoms with Crippen molar-refractivity contribution in [2.45, 2.75) is 16.9 Å². The van der Waals surface area contributed by atoms with Gasteiger partial charge in [-0.3, -0.25) is 0 Å². The first kappa shape index (κ1) is 13.9. The Bertz CT molecular complexity index is 478. The predicted molar refractivity (Wildman–Crippen MR) is 66.0 cm³/mol. The number of aliphatic hydroxyl groups is 1. The molecule has 1 aromatic rings. The average Bonchev–Trinajstić information content (AvgIpc) is 2.87. The van der Waals surface area contributed by atoms with E-state index in [2.05, 4.69) is 4.72 Å². The Morgan fingerprint density at radius 3 is 2.94 bits per heavy atom. The molecule has 0 aromatic carbocycles. The van der Waals surface area contributed by atoms with Gasteiger partial charge in [0.2, 0.25) is 10.0 Å². The Morgan fingerprint density at radius 1 is 1.50 bits per heavy atom. The van der Waals surface area contributed by atoms with Crippen LogP contribution < -0.4 is 4.72 Å². The van der Waals surface area contributed by atoms with Crippen LogP contribution in [0.3, 0.4) is 0 Å². The lowest BCUT2D eigenvalue weighted by atomic mass is 10.3. The van der Waals surface area contributed by atoms with Gasteiger partial charge in [-0.2, -0.15) is 0 Å². The highest BCUT2D eigenvalue weighted by molar-refractivity contribution is 7.91. The maximum Gasteiger partial charge on any atom is 0.250 e. The van der Waals surface area contributed by atoms with Gasteiger partial charge >= 0.3 is 0 Å². The molecule has 1 saturated heterocycles. The molecule has 2 heterocycles. The number of thiophene rings is 1.